The maximum absolute atomic E-state index is 12.4. The Balaban J connectivity index is 1.63. The zero-order chi connectivity index (χ0) is 19.4. The fourth-order valence-corrected chi connectivity index (χ4v) is 3.54. The van der Waals surface area contributed by atoms with Gasteiger partial charge in [0.25, 0.3) is 5.91 Å². The number of pyridine rings is 1. The zero-order valence-corrected chi connectivity index (χ0v) is 16.4. The number of aryl methyl sites for hydroxylation is 1. The van der Waals surface area contributed by atoms with E-state index in [0.29, 0.717) is 17.8 Å². The van der Waals surface area contributed by atoms with Crippen LogP contribution in [0.2, 0.25) is 5.15 Å². The van der Waals surface area contributed by atoms with Crippen molar-refractivity contribution in [2.45, 2.75) is 20.4 Å². The van der Waals surface area contributed by atoms with Gasteiger partial charge in [0.1, 0.15) is 0 Å². The first-order valence-corrected chi connectivity index (χ1v) is 9.48. The van der Waals surface area contributed by atoms with Crippen molar-refractivity contribution in [3.05, 3.63) is 68.9 Å². The summed E-state index contributed by atoms with van der Waals surface area (Å²) in [5.74, 6) is -1.02. The molecule has 0 unspecified atom stereocenters. The van der Waals surface area contributed by atoms with E-state index in [2.05, 4.69) is 20.9 Å². The molecule has 3 aromatic heterocycles. The second-order valence-electron chi connectivity index (χ2n) is 5.92. The number of rotatable bonds is 6. The highest BCUT2D eigenvalue weighted by Crippen LogP contribution is 2.20. The van der Waals surface area contributed by atoms with Gasteiger partial charge in [-0.25, -0.2) is 9.78 Å². The molecular weight excluding hydrogens is 386 g/mol. The molecule has 0 aromatic carbocycles. The van der Waals surface area contributed by atoms with E-state index in [-0.39, 0.29) is 5.15 Å². The number of carbonyl (C=O) groups excluding carboxylic acids is 2. The predicted octanol–water partition coefficient (Wildman–Crippen LogP) is 4.06. The summed E-state index contributed by atoms with van der Waals surface area (Å²) in [6.45, 7) is 4.10. The van der Waals surface area contributed by atoms with Crippen LogP contribution in [-0.4, -0.2) is 28.0 Å². The summed E-state index contributed by atoms with van der Waals surface area (Å²) in [5, 5.41) is 4.76. The first-order valence-electron chi connectivity index (χ1n) is 8.22. The van der Waals surface area contributed by atoms with Gasteiger partial charge in [0.15, 0.2) is 11.8 Å². The maximum Gasteiger partial charge on any atom is 0.340 e. The van der Waals surface area contributed by atoms with Crippen molar-refractivity contribution in [3.8, 4) is 0 Å². The molecule has 1 amide bonds. The third-order valence-corrected chi connectivity index (χ3v) is 5.22. The van der Waals surface area contributed by atoms with Crippen molar-refractivity contribution in [2.24, 2.45) is 0 Å². The SMILES string of the molecule is Cc1cc(C(=O)OCC(=O)Nc2cccnc2Cl)c(C)n1Cc1cccs1. The molecule has 3 aromatic rings. The minimum Gasteiger partial charge on any atom is -0.452 e. The minimum absolute atomic E-state index is 0.175. The van der Waals surface area contributed by atoms with Crippen LogP contribution in [0.15, 0.2) is 41.9 Å². The number of thiophene rings is 1. The Morgan fingerprint density at radius 3 is 2.81 bits per heavy atom. The second-order valence-corrected chi connectivity index (χ2v) is 7.31. The van der Waals surface area contributed by atoms with Gasteiger partial charge in [-0.1, -0.05) is 17.7 Å². The molecule has 8 heteroatoms. The number of esters is 1. The highest BCUT2D eigenvalue weighted by molar-refractivity contribution is 7.09. The Morgan fingerprint density at radius 1 is 1.30 bits per heavy atom. The quantitative estimate of drug-likeness (QED) is 0.497. The average molecular weight is 404 g/mol. The van der Waals surface area contributed by atoms with Crippen molar-refractivity contribution in [1.82, 2.24) is 9.55 Å². The topological polar surface area (TPSA) is 73.2 Å². The Labute approximate surface area is 165 Å². The summed E-state index contributed by atoms with van der Waals surface area (Å²) < 4.78 is 7.21. The molecule has 3 heterocycles. The van der Waals surface area contributed by atoms with Gasteiger partial charge in [0.2, 0.25) is 0 Å². The van der Waals surface area contributed by atoms with Crippen LogP contribution < -0.4 is 5.32 Å². The predicted molar refractivity (Wildman–Crippen MR) is 105 cm³/mol. The normalized spacial score (nSPS) is 10.6. The molecule has 140 valence electrons. The van der Waals surface area contributed by atoms with Gasteiger partial charge in [0.05, 0.1) is 17.8 Å². The Morgan fingerprint density at radius 2 is 2.11 bits per heavy atom. The fourth-order valence-electron chi connectivity index (χ4n) is 2.68. The summed E-state index contributed by atoms with van der Waals surface area (Å²) in [4.78, 5) is 29.5. The molecule has 0 bridgehead atoms. The van der Waals surface area contributed by atoms with Crippen molar-refractivity contribution in [2.75, 3.05) is 11.9 Å². The lowest BCUT2D eigenvalue weighted by Gasteiger charge is -2.09. The van der Waals surface area contributed by atoms with E-state index in [1.165, 1.54) is 11.1 Å². The van der Waals surface area contributed by atoms with Gasteiger partial charge >= 0.3 is 5.97 Å². The summed E-state index contributed by atoms with van der Waals surface area (Å²) in [7, 11) is 0. The molecule has 0 saturated carbocycles. The van der Waals surface area contributed by atoms with E-state index >= 15 is 0 Å². The first kappa shape index (κ1) is 19.1. The van der Waals surface area contributed by atoms with Crippen LogP contribution in [0.4, 0.5) is 5.69 Å². The van der Waals surface area contributed by atoms with Crippen molar-refractivity contribution in [3.63, 3.8) is 0 Å². The number of carbonyl (C=O) groups is 2. The second kappa shape index (κ2) is 8.37. The molecule has 27 heavy (non-hydrogen) atoms. The Kier molecular flexibility index (Phi) is 5.93. The van der Waals surface area contributed by atoms with Crippen LogP contribution in [0.25, 0.3) is 0 Å². The van der Waals surface area contributed by atoms with Crippen LogP contribution in [0.5, 0.6) is 0 Å². The van der Waals surface area contributed by atoms with Gasteiger partial charge in [-0.2, -0.15) is 0 Å². The van der Waals surface area contributed by atoms with Crippen molar-refractivity contribution in [1.29, 1.82) is 0 Å². The molecule has 0 aliphatic heterocycles. The lowest BCUT2D eigenvalue weighted by Crippen LogP contribution is -2.21. The first-order chi connectivity index (χ1) is 13.0. The van der Waals surface area contributed by atoms with Gasteiger partial charge in [-0.05, 0) is 43.5 Å². The monoisotopic (exact) mass is 403 g/mol. The summed E-state index contributed by atoms with van der Waals surface area (Å²) in [6.07, 6.45) is 1.52. The van der Waals surface area contributed by atoms with Crippen LogP contribution in [0.1, 0.15) is 26.6 Å². The van der Waals surface area contributed by atoms with Crippen LogP contribution >= 0.6 is 22.9 Å². The number of nitrogens with zero attached hydrogens (tertiary/aromatic N) is 2. The number of aromatic nitrogens is 2. The summed E-state index contributed by atoms with van der Waals surface area (Å²) in [6, 6.07) is 9.09. The lowest BCUT2D eigenvalue weighted by molar-refractivity contribution is -0.119. The molecule has 0 spiro atoms. The van der Waals surface area contributed by atoms with E-state index in [0.717, 1.165) is 11.4 Å². The zero-order valence-electron chi connectivity index (χ0n) is 14.9. The molecule has 0 aliphatic rings. The number of hydrogen-bond acceptors (Lipinski definition) is 5. The molecule has 1 N–H and O–H groups in total. The smallest absolute Gasteiger partial charge is 0.340 e. The molecule has 3 rings (SSSR count). The molecule has 0 atom stereocenters. The molecular formula is C19H18ClN3O3S. The molecule has 0 fully saturated rings. The highest BCUT2D eigenvalue weighted by atomic mass is 35.5. The molecule has 6 nitrogen and oxygen atoms in total. The lowest BCUT2D eigenvalue weighted by atomic mass is 10.2. The number of anilines is 1. The van der Waals surface area contributed by atoms with E-state index in [9.17, 15) is 9.59 Å². The summed E-state index contributed by atoms with van der Waals surface area (Å²) in [5.41, 5.74) is 2.59. The highest BCUT2D eigenvalue weighted by Gasteiger charge is 2.18. The number of amides is 1. The van der Waals surface area contributed by atoms with E-state index in [1.54, 1.807) is 29.5 Å². The number of ether oxygens (including phenoxy) is 1. The minimum atomic E-state index is -0.534. The van der Waals surface area contributed by atoms with Gasteiger partial charge < -0.3 is 14.6 Å². The van der Waals surface area contributed by atoms with Gasteiger partial charge in [0, 0.05) is 22.5 Å². The third-order valence-electron chi connectivity index (χ3n) is 4.06. The molecule has 0 aliphatic carbocycles. The Hall–Kier alpha value is -2.64. The summed E-state index contributed by atoms with van der Waals surface area (Å²) >= 11 is 7.55. The number of halogens is 1. The van der Waals surface area contributed by atoms with Crippen molar-refractivity contribution >= 4 is 40.5 Å². The molecule has 0 saturated heterocycles. The van der Waals surface area contributed by atoms with Crippen LogP contribution in [-0.2, 0) is 16.1 Å². The van der Waals surface area contributed by atoms with Crippen molar-refractivity contribution < 1.29 is 14.3 Å². The van der Waals surface area contributed by atoms with Gasteiger partial charge in [-0.15, -0.1) is 11.3 Å². The van der Waals surface area contributed by atoms with E-state index in [4.69, 9.17) is 16.3 Å². The average Bonchev–Trinajstić information content (AvgIpc) is 3.25. The maximum atomic E-state index is 12.4. The van der Waals surface area contributed by atoms with Crippen LogP contribution in [0.3, 0.4) is 0 Å². The Bertz CT molecular complexity index is 967. The van der Waals surface area contributed by atoms with E-state index < -0.39 is 18.5 Å². The van der Waals surface area contributed by atoms with Gasteiger partial charge in [-0.3, -0.25) is 4.79 Å². The number of nitrogens with one attached hydrogen (secondary N) is 1. The number of hydrogen-bond donors (Lipinski definition) is 1. The third kappa shape index (κ3) is 4.56. The van der Waals surface area contributed by atoms with E-state index in [1.807, 2.05) is 25.3 Å². The molecule has 0 radical (unpaired) electrons. The standard InChI is InChI=1S/C19H18ClN3O3S/c1-12-9-15(13(2)23(12)10-14-5-4-8-27-14)19(25)26-11-17(24)22-16-6-3-7-21-18(16)20/h3-9H,10-11H2,1-2H3,(H,22,24). The fraction of sp³-hybridized carbons (Fsp3) is 0.211. The largest absolute Gasteiger partial charge is 0.452 e. The van der Waals surface area contributed by atoms with Crippen LogP contribution in [0, 0.1) is 13.8 Å².